The largest absolute Gasteiger partial charge is 0.463 e. The molecule has 3 rings (SSSR count). The lowest BCUT2D eigenvalue weighted by molar-refractivity contribution is -0.231. The number of rotatable bonds is 6. The van der Waals surface area contributed by atoms with Crippen molar-refractivity contribution >= 4 is 23.7 Å². The van der Waals surface area contributed by atoms with Crippen LogP contribution in [0.25, 0.3) is 0 Å². The number of ketones is 1. The fraction of sp³-hybridized carbons (Fsp3) is 0.692. The monoisotopic (exact) mass is 476 g/mol. The number of esters is 3. The molecule has 0 aromatic heterocycles. The van der Waals surface area contributed by atoms with Crippen LogP contribution >= 0.6 is 0 Å². The molecule has 8 nitrogen and oxygen atoms in total. The van der Waals surface area contributed by atoms with Crippen molar-refractivity contribution in [1.82, 2.24) is 0 Å². The molecule has 1 spiro atoms. The van der Waals surface area contributed by atoms with E-state index in [1.54, 1.807) is 6.08 Å². The van der Waals surface area contributed by atoms with Gasteiger partial charge >= 0.3 is 17.9 Å². The van der Waals surface area contributed by atoms with Crippen LogP contribution in [-0.4, -0.2) is 42.4 Å². The highest BCUT2D eigenvalue weighted by Crippen LogP contribution is 2.67. The van der Waals surface area contributed by atoms with Gasteiger partial charge in [0.25, 0.3) is 0 Å². The van der Waals surface area contributed by atoms with Gasteiger partial charge in [-0.15, -0.1) is 0 Å². The van der Waals surface area contributed by atoms with Gasteiger partial charge in [0.2, 0.25) is 12.6 Å². The summed E-state index contributed by atoms with van der Waals surface area (Å²) in [7, 11) is 0. The van der Waals surface area contributed by atoms with Crippen LogP contribution in [-0.2, 0) is 38.1 Å². The Morgan fingerprint density at radius 3 is 2.24 bits per heavy atom. The van der Waals surface area contributed by atoms with Crippen molar-refractivity contribution in [2.45, 2.75) is 85.9 Å². The van der Waals surface area contributed by atoms with E-state index in [1.165, 1.54) is 20.8 Å². The SMILES string of the molecule is C=C/C(C)=C\C[C@@]1(C)[C@@H](C)CC(=O)C23[C@@H](OC(C)=O)O[C@@H](OC(C)=O)[C@H]2C[C@H](OC(C)=O)C[C@@H]31. The molecule has 0 aromatic rings. The second-order valence-corrected chi connectivity index (χ2v) is 10.2. The number of carbonyl (C=O) groups is 4. The van der Waals surface area contributed by atoms with E-state index in [1.807, 2.05) is 13.8 Å². The van der Waals surface area contributed by atoms with Crippen LogP contribution in [0.4, 0.5) is 0 Å². The van der Waals surface area contributed by atoms with Crippen molar-refractivity contribution in [2.24, 2.45) is 28.6 Å². The van der Waals surface area contributed by atoms with Crippen LogP contribution in [0.5, 0.6) is 0 Å². The smallest absolute Gasteiger partial charge is 0.304 e. The summed E-state index contributed by atoms with van der Waals surface area (Å²) >= 11 is 0. The maximum Gasteiger partial charge on any atom is 0.304 e. The third-order valence-corrected chi connectivity index (χ3v) is 8.15. The summed E-state index contributed by atoms with van der Waals surface area (Å²) in [5.74, 6) is -2.61. The van der Waals surface area contributed by atoms with Crippen molar-refractivity contribution in [3.63, 3.8) is 0 Å². The van der Waals surface area contributed by atoms with Gasteiger partial charge in [0.05, 0.1) is 0 Å². The lowest BCUT2D eigenvalue weighted by atomic mass is 9.43. The number of carbonyl (C=O) groups excluding carboxylic acids is 4. The molecule has 0 aromatic carbocycles. The summed E-state index contributed by atoms with van der Waals surface area (Å²) in [5, 5.41) is 0. The summed E-state index contributed by atoms with van der Waals surface area (Å²) in [6, 6.07) is 0. The fourth-order valence-corrected chi connectivity index (χ4v) is 6.36. The number of hydrogen-bond donors (Lipinski definition) is 0. The molecule has 8 heteroatoms. The predicted molar refractivity (Wildman–Crippen MR) is 122 cm³/mol. The second kappa shape index (κ2) is 9.64. The lowest BCUT2D eigenvalue weighted by Gasteiger charge is -2.59. The highest BCUT2D eigenvalue weighted by Gasteiger charge is 2.74. The van der Waals surface area contributed by atoms with Gasteiger partial charge in [-0.3, -0.25) is 19.2 Å². The second-order valence-electron chi connectivity index (χ2n) is 10.2. The van der Waals surface area contributed by atoms with E-state index in [9.17, 15) is 19.2 Å². The lowest BCUT2D eigenvalue weighted by Crippen LogP contribution is -2.64. The Balaban J connectivity index is 2.19. The van der Waals surface area contributed by atoms with Crippen molar-refractivity contribution < 1.29 is 38.1 Å². The molecule has 0 radical (unpaired) electrons. The minimum absolute atomic E-state index is 0.00646. The average Bonchev–Trinajstić information content (AvgIpc) is 3.02. The molecule has 1 aliphatic heterocycles. The van der Waals surface area contributed by atoms with Gasteiger partial charge in [0.1, 0.15) is 17.3 Å². The molecule has 34 heavy (non-hydrogen) atoms. The minimum atomic E-state index is -1.21. The van der Waals surface area contributed by atoms with E-state index in [4.69, 9.17) is 18.9 Å². The first-order valence-corrected chi connectivity index (χ1v) is 11.9. The minimum Gasteiger partial charge on any atom is -0.463 e. The molecule has 0 bridgehead atoms. The predicted octanol–water partition coefficient (Wildman–Crippen LogP) is 3.88. The van der Waals surface area contributed by atoms with Crippen LogP contribution in [0.1, 0.15) is 67.2 Å². The van der Waals surface area contributed by atoms with Gasteiger partial charge < -0.3 is 18.9 Å². The molecule has 188 valence electrons. The highest BCUT2D eigenvalue weighted by atomic mass is 16.8. The van der Waals surface area contributed by atoms with Crippen LogP contribution in [0.3, 0.4) is 0 Å². The maximum absolute atomic E-state index is 13.9. The van der Waals surface area contributed by atoms with E-state index in [-0.39, 0.29) is 30.5 Å². The van der Waals surface area contributed by atoms with Crippen LogP contribution < -0.4 is 0 Å². The van der Waals surface area contributed by atoms with Crippen molar-refractivity contribution in [2.75, 3.05) is 0 Å². The van der Waals surface area contributed by atoms with Gasteiger partial charge in [0.15, 0.2) is 0 Å². The number of hydrogen-bond acceptors (Lipinski definition) is 8. The van der Waals surface area contributed by atoms with Crippen molar-refractivity contribution in [3.05, 3.63) is 24.3 Å². The Morgan fingerprint density at radius 1 is 1.06 bits per heavy atom. The molecule has 0 amide bonds. The zero-order valence-electron chi connectivity index (χ0n) is 20.9. The Bertz CT molecular complexity index is 906. The first-order valence-electron chi connectivity index (χ1n) is 11.9. The molecule has 3 fully saturated rings. The Morgan fingerprint density at radius 2 is 1.68 bits per heavy atom. The van der Waals surface area contributed by atoms with Crippen molar-refractivity contribution in [3.8, 4) is 0 Å². The van der Waals surface area contributed by atoms with E-state index >= 15 is 0 Å². The van der Waals surface area contributed by atoms with Crippen LogP contribution in [0.15, 0.2) is 24.3 Å². The molecule has 0 N–H and O–H groups in total. The molecule has 1 heterocycles. The topological polar surface area (TPSA) is 105 Å². The maximum atomic E-state index is 13.9. The zero-order chi connectivity index (χ0) is 25.4. The van der Waals surface area contributed by atoms with E-state index in [0.717, 1.165) is 5.57 Å². The fourth-order valence-electron chi connectivity index (χ4n) is 6.36. The van der Waals surface area contributed by atoms with Gasteiger partial charge in [-0.1, -0.05) is 38.2 Å². The third kappa shape index (κ3) is 4.44. The molecule has 1 unspecified atom stereocenters. The molecule has 2 saturated carbocycles. The van der Waals surface area contributed by atoms with Gasteiger partial charge in [0, 0.05) is 33.1 Å². The summed E-state index contributed by atoms with van der Waals surface area (Å²) in [6.45, 7) is 13.8. The van der Waals surface area contributed by atoms with Gasteiger partial charge in [-0.05, 0) is 43.4 Å². The molecule has 1 saturated heterocycles. The van der Waals surface area contributed by atoms with Crippen LogP contribution in [0.2, 0.25) is 0 Å². The number of allylic oxidation sites excluding steroid dienone is 3. The van der Waals surface area contributed by atoms with E-state index in [2.05, 4.69) is 19.6 Å². The molecule has 2 aliphatic carbocycles. The zero-order valence-corrected chi connectivity index (χ0v) is 20.9. The first kappa shape index (κ1) is 26.1. The molecular formula is C26H36O8. The van der Waals surface area contributed by atoms with Crippen LogP contribution in [0, 0.1) is 28.6 Å². The summed E-state index contributed by atoms with van der Waals surface area (Å²) in [5.41, 5.74) is -0.609. The van der Waals surface area contributed by atoms with E-state index < -0.39 is 53.3 Å². The number of ether oxygens (including phenoxy) is 4. The summed E-state index contributed by atoms with van der Waals surface area (Å²) < 4.78 is 22.7. The standard InChI is InChI=1S/C26H36O8/c1-8-14(2)9-10-25(7)15(3)11-22(30)26-20(12-19(13-21(25)26)31-16(4)27)23(32-17(5)28)34-24(26)33-18(6)29/h8-9,15,19-21,23-24H,1,10-13H2,2-7H3/b14-9-/t15-,19-,20+,21+,23+,24-,25-,26?/m0/s1. The number of Topliss-reactive ketones (excluding diaryl/α,β-unsaturated/α-hetero) is 1. The van der Waals surface area contributed by atoms with Gasteiger partial charge in [-0.2, -0.15) is 0 Å². The Kier molecular flexibility index (Phi) is 7.41. The normalized spacial score (nSPS) is 39.5. The summed E-state index contributed by atoms with van der Waals surface area (Å²) in [4.78, 5) is 49.8. The third-order valence-electron chi connectivity index (χ3n) is 8.15. The Hall–Kier alpha value is -2.48. The summed E-state index contributed by atoms with van der Waals surface area (Å²) in [6.07, 6.45) is 2.72. The average molecular weight is 477 g/mol. The Labute approximate surface area is 201 Å². The molecular weight excluding hydrogens is 440 g/mol. The van der Waals surface area contributed by atoms with E-state index in [0.29, 0.717) is 12.8 Å². The van der Waals surface area contributed by atoms with Crippen molar-refractivity contribution in [1.29, 1.82) is 0 Å². The van der Waals surface area contributed by atoms with Gasteiger partial charge in [-0.25, -0.2) is 0 Å². The quantitative estimate of drug-likeness (QED) is 0.323. The first-order chi connectivity index (χ1) is 15.9. The highest BCUT2D eigenvalue weighted by molar-refractivity contribution is 5.88. The molecule has 8 atom stereocenters. The molecule has 3 aliphatic rings.